The maximum atomic E-state index is 12.3. The first-order valence-corrected chi connectivity index (χ1v) is 7.63. The minimum Gasteiger partial charge on any atom is -0.477 e. The van der Waals surface area contributed by atoms with Crippen LogP contribution in [-0.2, 0) is 17.1 Å². The van der Waals surface area contributed by atoms with Crippen LogP contribution < -0.4 is 4.72 Å². The Morgan fingerprint density at radius 1 is 1.43 bits per heavy atom. The van der Waals surface area contributed by atoms with E-state index in [1.54, 1.807) is 13.0 Å². The van der Waals surface area contributed by atoms with Crippen molar-refractivity contribution in [2.24, 2.45) is 7.05 Å². The number of carboxylic acids is 1. The Kier molecular flexibility index (Phi) is 3.93. The number of nitrogens with one attached hydrogen (secondary N) is 1. The van der Waals surface area contributed by atoms with Crippen LogP contribution >= 0.6 is 11.6 Å². The van der Waals surface area contributed by atoms with E-state index >= 15 is 0 Å². The summed E-state index contributed by atoms with van der Waals surface area (Å²) in [5, 5.41) is 12.8. The van der Waals surface area contributed by atoms with E-state index in [4.69, 9.17) is 16.7 Å². The standard InChI is InChI=1S/C12H12ClN3O4S/c1-7-3-4-10(9(13)5-7)21(19,20)15-11-8(12(17)18)6-14-16(11)2/h3-6,15H,1-2H3,(H,17,18). The van der Waals surface area contributed by atoms with Gasteiger partial charge < -0.3 is 5.11 Å². The van der Waals surface area contributed by atoms with Crippen molar-refractivity contribution in [1.82, 2.24) is 9.78 Å². The number of aromatic carboxylic acids is 1. The van der Waals surface area contributed by atoms with Crippen LogP contribution in [0.15, 0.2) is 29.3 Å². The molecule has 0 saturated carbocycles. The fourth-order valence-electron chi connectivity index (χ4n) is 1.72. The number of rotatable bonds is 4. The summed E-state index contributed by atoms with van der Waals surface area (Å²) >= 11 is 5.94. The molecule has 1 aromatic carbocycles. The highest BCUT2D eigenvalue weighted by Gasteiger charge is 2.23. The van der Waals surface area contributed by atoms with Crippen LogP contribution in [0.5, 0.6) is 0 Å². The number of sulfonamides is 1. The van der Waals surface area contributed by atoms with Crippen molar-refractivity contribution in [2.75, 3.05) is 4.72 Å². The van der Waals surface area contributed by atoms with Gasteiger partial charge in [-0.25, -0.2) is 13.2 Å². The summed E-state index contributed by atoms with van der Waals surface area (Å²) in [6.07, 6.45) is 1.07. The van der Waals surface area contributed by atoms with Crippen molar-refractivity contribution < 1.29 is 18.3 Å². The Morgan fingerprint density at radius 3 is 2.67 bits per heavy atom. The predicted octanol–water partition coefficient (Wildman–Crippen LogP) is 1.88. The molecule has 0 spiro atoms. The lowest BCUT2D eigenvalue weighted by Crippen LogP contribution is -2.18. The third kappa shape index (κ3) is 3.01. The van der Waals surface area contributed by atoms with Gasteiger partial charge in [0.25, 0.3) is 10.0 Å². The number of hydrogen-bond donors (Lipinski definition) is 2. The summed E-state index contributed by atoms with van der Waals surface area (Å²) in [6.45, 7) is 1.78. The van der Waals surface area contributed by atoms with Crippen LogP contribution in [0.3, 0.4) is 0 Å². The molecule has 2 rings (SSSR count). The lowest BCUT2D eigenvalue weighted by molar-refractivity contribution is 0.0698. The molecule has 112 valence electrons. The Morgan fingerprint density at radius 2 is 2.10 bits per heavy atom. The van der Waals surface area contributed by atoms with Crippen LogP contribution in [0.25, 0.3) is 0 Å². The van der Waals surface area contributed by atoms with Crippen LogP contribution in [0, 0.1) is 6.92 Å². The Hall–Kier alpha value is -2.06. The Balaban J connectivity index is 2.47. The molecule has 0 amide bonds. The second-order valence-corrected chi connectivity index (χ2v) is 6.43. The zero-order valence-electron chi connectivity index (χ0n) is 11.2. The molecule has 2 N–H and O–H groups in total. The van der Waals surface area contributed by atoms with Gasteiger partial charge in [-0.3, -0.25) is 9.40 Å². The molecule has 0 bridgehead atoms. The molecule has 1 aromatic heterocycles. The minimum atomic E-state index is -4.02. The lowest BCUT2D eigenvalue weighted by atomic mass is 10.2. The molecule has 9 heteroatoms. The molecule has 0 aliphatic rings. The first-order valence-electron chi connectivity index (χ1n) is 5.76. The number of halogens is 1. The van der Waals surface area contributed by atoms with E-state index in [0.717, 1.165) is 16.4 Å². The van der Waals surface area contributed by atoms with Gasteiger partial charge in [-0.05, 0) is 24.6 Å². The average molecular weight is 330 g/mol. The lowest BCUT2D eigenvalue weighted by Gasteiger charge is -2.11. The van der Waals surface area contributed by atoms with Crippen molar-refractivity contribution in [3.8, 4) is 0 Å². The van der Waals surface area contributed by atoms with Crippen molar-refractivity contribution in [2.45, 2.75) is 11.8 Å². The maximum Gasteiger partial charge on any atom is 0.341 e. The largest absolute Gasteiger partial charge is 0.477 e. The second kappa shape index (κ2) is 5.38. The van der Waals surface area contributed by atoms with Gasteiger partial charge in [0.15, 0.2) is 5.82 Å². The fraction of sp³-hybridized carbons (Fsp3) is 0.167. The normalized spacial score (nSPS) is 11.4. The number of anilines is 1. The first-order chi connectivity index (χ1) is 9.72. The number of carboxylic acid groups (broad SMARTS) is 1. The van der Waals surface area contributed by atoms with E-state index in [-0.39, 0.29) is 21.3 Å². The molecule has 1 heterocycles. The number of benzene rings is 1. The highest BCUT2D eigenvalue weighted by atomic mass is 35.5. The Bertz CT molecular complexity index is 814. The number of nitrogens with zero attached hydrogens (tertiary/aromatic N) is 2. The van der Waals surface area contributed by atoms with Gasteiger partial charge in [0.1, 0.15) is 10.5 Å². The summed E-state index contributed by atoms with van der Waals surface area (Å²) in [5.41, 5.74) is 0.565. The predicted molar refractivity (Wildman–Crippen MR) is 77.2 cm³/mol. The monoisotopic (exact) mass is 329 g/mol. The molecular weight excluding hydrogens is 318 g/mol. The van der Waals surface area contributed by atoms with Gasteiger partial charge in [0, 0.05) is 7.05 Å². The molecule has 0 fully saturated rings. The number of carbonyl (C=O) groups is 1. The van der Waals surface area contributed by atoms with E-state index < -0.39 is 16.0 Å². The molecule has 0 atom stereocenters. The van der Waals surface area contributed by atoms with Crippen molar-refractivity contribution >= 4 is 33.4 Å². The van der Waals surface area contributed by atoms with Gasteiger partial charge in [0.05, 0.1) is 11.2 Å². The Labute approximate surface area is 126 Å². The number of hydrogen-bond acceptors (Lipinski definition) is 4. The third-order valence-electron chi connectivity index (χ3n) is 2.78. The summed E-state index contributed by atoms with van der Waals surface area (Å²) in [4.78, 5) is 10.9. The summed E-state index contributed by atoms with van der Waals surface area (Å²) in [6, 6.07) is 4.47. The van der Waals surface area contributed by atoms with Crippen molar-refractivity contribution in [3.63, 3.8) is 0 Å². The molecule has 2 aromatic rings. The zero-order valence-corrected chi connectivity index (χ0v) is 12.7. The van der Waals surface area contributed by atoms with E-state index in [9.17, 15) is 13.2 Å². The number of aryl methyl sites for hydroxylation is 2. The zero-order chi connectivity index (χ0) is 15.8. The van der Waals surface area contributed by atoms with Gasteiger partial charge in [-0.15, -0.1) is 0 Å². The minimum absolute atomic E-state index is 0.0570. The van der Waals surface area contributed by atoms with Gasteiger partial charge in [0.2, 0.25) is 0 Å². The SMILES string of the molecule is Cc1ccc(S(=O)(=O)Nc2c(C(=O)O)cnn2C)c(Cl)c1. The van der Waals surface area contributed by atoms with E-state index in [1.165, 1.54) is 19.2 Å². The fourth-order valence-corrected chi connectivity index (χ4v) is 3.43. The van der Waals surface area contributed by atoms with E-state index in [2.05, 4.69) is 9.82 Å². The maximum absolute atomic E-state index is 12.3. The van der Waals surface area contributed by atoms with E-state index in [0.29, 0.717) is 0 Å². The third-order valence-corrected chi connectivity index (χ3v) is 4.60. The molecule has 0 saturated heterocycles. The second-order valence-electron chi connectivity index (χ2n) is 4.37. The van der Waals surface area contributed by atoms with Gasteiger partial charge in [-0.1, -0.05) is 17.7 Å². The topological polar surface area (TPSA) is 101 Å². The average Bonchev–Trinajstić information content (AvgIpc) is 2.70. The summed E-state index contributed by atoms with van der Waals surface area (Å²) in [5.74, 6) is -1.42. The molecule has 0 radical (unpaired) electrons. The quantitative estimate of drug-likeness (QED) is 0.891. The molecule has 0 aliphatic heterocycles. The number of aromatic nitrogens is 2. The molecule has 0 unspecified atom stereocenters. The van der Waals surface area contributed by atoms with Gasteiger partial charge in [-0.2, -0.15) is 5.10 Å². The van der Waals surface area contributed by atoms with Crippen LogP contribution in [-0.4, -0.2) is 29.3 Å². The van der Waals surface area contributed by atoms with Crippen molar-refractivity contribution in [3.05, 3.63) is 40.5 Å². The first kappa shape index (κ1) is 15.3. The smallest absolute Gasteiger partial charge is 0.341 e. The van der Waals surface area contributed by atoms with Crippen LogP contribution in [0.4, 0.5) is 5.82 Å². The molecule has 21 heavy (non-hydrogen) atoms. The van der Waals surface area contributed by atoms with E-state index in [1.807, 2.05) is 0 Å². The van der Waals surface area contributed by atoms with Crippen LogP contribution in [0.2, 0.25) is 5.02 Å². The molecule has 0 aliphatic carbocycles. The van der Waals surface area contributed by atoms with Crippen molar-refractivity contribution in [1.29, 1.82) is 0 Å². The molecular formula is C12H12ClN3O4S. The highest BCUT2D eigenvalue weighted by Crippen LogP contribution is 2.25. The van der Waals surface area contributed by atoms with Gasteiger partial charge >= 0.3 is 5.97 Å². The molecule has 7 nitrogen and oxygen atoms in total. The van der Waals surface area contributed by atoms with Crippen LogP contribution in [0.1, 0.15) is 15.9 Å². The highest BCUT2D eigenvalue weighted by molar-refractivity contribution is 7.92. The summed E-state index contributed by atoms with van der Waals surface area (Å²) in [7, 11) is -2.58. The summed E-state index contributed by atoms with van der Waals surface area (Å²) < 4.78 is 28.0.